The second-order valence-electron chi connectivity index (χ2n) is 6.26. The van der Waals surface area contributed by atoms with E-state index >= 15 is 0 Å². The van der Waals surface area contributed by atoms with Gasteiger partial charge in [0.15, 0.2) is 0 Å². The number of sulfonamides is 1. The number of hydrogen-bond donors (Lipinski definition) is 0. The zero-order chi connectivity index (χ0) is 18.7. The Balaban J connectivity index is 1.66. The number of amides is 1. The summed E-state index contributed by atoms with van der Waals surface area (Å²) in [6, 6.07) is 7.26. The van der Waals surface area contributed by atoms with Crippen LogP contribution >= 0.6 is 11.6 Å². The van der Waals surface area contributed by atoms with E-state index in [0.717, 1.165) is 5.56 Å². The molecule has 1 fully saturated rings. The number of benzene rings is 1. The molecular weight excluding hydrogens is 376 g/mol. The summed E-state index contributed by atoms with van der Waals surface area (Å²) in [6.45, 7) is 1.55. The molecule has 1 saturated heterocycles. The molecule has 2 heterocycles. The fourth-order valence-corrected chi connectivity index (χ4v) is 4.64. The third kappa shape index (κ3) is 4.08. The largest absolute Gasteiger partial charge is 0.341 e. The van der Waals surface area contributed by atoms with E-state index in [-0.39, 0.29) is 23.8 Å². The van der Waals surface area contributed by atoms with Crippen LogP contribution in [0.3, 0.4) is 0 Å². The lowest BCUT2D eigenvalue weighted by atomic mass is 10.1. The summed E-state index contributed by atoms with van der Waals surface area (Å²) in [5.41, 5.74) is 0.781. The van der Waals surface area contributed by atoms with Crippen LogP contribution in [0.5, 0.6) is 0 Å². The van der Waals surface area contributed by atoms with Crippen molar-refractivity contribution < 1.29 is 13.2 Å². The number of halogens is 1. The van der Waals surface area contributed by atoms with Crippen molar-refractivity contribution in [2.75, 3.05) is 26.2 Å². The number of hydrogen-bond acceptors (Lipinski definition) is 4. The Hall–Kier alpha value is -1.90. The van der Waals surface area contributed by atoms with E-state index in [4.69, 9.17) is 11.6 Å². The highest BCUT2D eigenvalue weighted by Crippen LogP contribution is 2.19. The van der Waals surface area contributed by atoms with Crippen molar-refractivity contribution in [2.24, 2.45) is 7.05 Å². The Kier molecular flexibility index (Phi) is 5.64. The molecular formula is C17H21ClN4O3S. The van der Waals surface area contributed by atoms with Crippen molar-refractivity contribution in [1.29, 1.82) is 0 Å². The Morgan fingerprint density at radius 3 is 2.65 bits per heavy atom. The number of aryl methyl sites for hydroxylation is 1. The predicted octanol–water partition coefficient (Wildman–Crippen LogP) is 1.54. The van der Waals surface area contributed by atoms with Crippen LogP contribution < -0.4 is 0 Å². The summed E-state index contributed by atoms with van der Waals surface area (Å²) < 4.78 is 28.3. The van der Waals surface area contributed by atoms with Crippen molar-refractivity contribution >= 4 is 27.5 Å². The average molecular weight is 397 g/mol. The van der Waals surface area contributed by atoms with Gasteiger partial charge < -0.3 is 4.90 Å². The first-order chi connectivity index (χ1) is 12.4. The smallest absolute Gasteiger partial charge is 0.246 e. The van der Waals surface area contributed by atoms with Crippen LogP contribution in [0.1, 0.15) is 12.0 Å². The molecule has 9 heteroatoms. The normalized spacial score (nSPS) is 16.5. The molecule has 7 nitrogen and oxygen atoms in total. The van der Waals surface area contributed by atoms with Crippen LogP contribution in [0.15, 0.2) is 41.6 Å². The van der Waals surface area contributed by atoms with Gasteiger partial charge in [-0.2, -0.15) is 9.40 Å². The molecule has 0 bridgehead atoms. The minimum atomic E-state index is -3.59. The number of aromatic nitrogens is 2. The number of rotatable bonds is 4. The molecule has 1 amide bonds. The quantitative estimate of drug-likeness (QED) is 0.785. The molecule has 1 aromatic carbocycles. The summed E-state index contributed by atoms with van der Waals surface area (Å²) in [5.74, 6) is -0.0428. The van der Waals surface area contributed by atoms with E-state index in [0.29, 0.717) is 31.1 Å². The van der Waals surface area contributed by atoms with E-state index in [1.807, 2.05) is 18.2 Å². The van der Waals surface area contributed by atoms with Gasteiger partial charge in [0.05, 0.1) is 12.6 Å². The standard InChI is InChI=1S/C17H21ClN4O3S/c1-20-13-15(12-19-20)26(24,25)22-8-4-7-21(9-10-22)17(23)11-14-5-2-3-6-16(14)18/h2-3,5-6,12-13H,4,7-11H2,1H3. The van der Waals surface area contributed by atoms with Crippen molar-refractivity contribution in [1.82, 2.24) is 19.0 Å². The molecule has 2 aromatic rings. The first kappa shape index (κ1) is 18.9. The molecule has 1 aliphatic rings. The zero-order valence-electron chi connectivity index (χ0n) is 14.5. The molecule has 0 aliphatic carbocycles. The minimum absolute atomic E-state index is 0.0428. The average Bonchev–Trinajstić information content (AvgIpc) is 2.90. The molecule has 0 unspecified atom stereocenters. The van der Waals surface area contributed by atoms with Gasteiger partial charge >= 0.3 is 0 Å². The van der Waals surface area contributed by atoms with Crippen molar-refractivity contribution in [2.45, 2.75) is 17.7 Å². The Morgan fingerprint density at radius 2 is 1.96 bits per heavy atom. The fourth-order valence-electron chi connectivity index (χ4n) is 2.98. The van der Waals surface area contributed by atoms with E-state index in [1.165, 1.54) is 21.4 Å². The Bertz CT molecular complexity index is 897. The van der Waals surface area contributed by atoms with Gasteiger partial charge in [-0.05, 0) is 18.1 Å². The molecule has 1 aliphatic heterocycles. The molecule has 0 saturated carbocycles. The van der Waals surface area contributed by atoms with Gasteiger partial charge in [-0.25, -0.2) is 8.42 Å². The highest BCUT2D eigenvalue weighted by Gasteiger charge is 2.29. The van der Waals surface area contributed by atoms with E-state index < -0.39 is 10.0 Å². The van der Waals surface area contributed by atoms with Gasteiger partial charge in [0.2, 0.25) is 15.9 Å². The van der Waals surface area contributed by atoms with Crippen molar-refractivity contribution in [3.05, 3.63) is 47.2 Å². The SMILES string of the molecule is Cn1cc(S(=O)(=O)N2CCCN(C(=O)Cc3ccccc3Cl)CC2)cn1. The topological polar surface area (TPSA) is 75.5 Å². The monoisotopic (exact) mass is 396 g/mol. The minimum Gasteiger partial charge on any atom is -0.341 e. The molecule has 0 N–H and O–H groups in total. The number of nitrogens with zero attached hydrogens (tertiary/aromatic N) is 4. The van der Waals surface area contributed by atoms with E-state index in [2.05, 4.69) is 5.10 Å². The molecule has 0 spiro atoms. The lowest BCUT2D eigenvalue weighted by Crippen LogP contribution is -2.37. The maximum absolute atomic E-state index is 12.7. The van der Waals surface area contributed by atoms with Gasteiger partial charge in [0, 0.05) is 44.4 Å². The first-order valence-electron chi connectivity index (χ1n) is 8.38. The van der Waals surface area contributed by atoms with Crippen LogP contribution in [0.4, 0.5) is 0 Å². The van der Waals surface area contributed by atoms with Gasteiger partial charge in [-0.3, -0.25) is 9.48 Å². The van der Waals surface area contributed by atoms with Crippen LogP contribution in [-0.4, -0.2) is 59.5 Å². The maximum atomic E-state index is 12.7. The van der Waals surface area contributed by atoms with Gasteiger partial charge in [-0.15, -0.1) is 0 Å². The molecule has 140 valence electrons. The summed E-state index contributed by atoms with van der Waals surface area (Å²) >= 11 is 6.13. The Morgan fingerprint density at radius 1 is 1.19 bits per heavy atom. The maximum Gasteiger partial charge on any atom is 0.246 e. The third-order valence-corrected chi connectivity index (χ3v) is 6.65. The molecule has 0 radical (unpaired) electrons. The van der Waals surface area contributed by atoms with Crippen LogP contribution in [-0.2, 0) is 28.3 Å². The van der Waals surface area contributed by atoms with Crippen LogP contribution in [0.2, 0.25) is 5.02 Å². The summed E-state index contributed by atoms with van der Waals surface area (Å²) in [7, 11) is -1.91. The highest BCUT2D eigenvalue weighted by molar-refractivity contribution is 7.89. The third-order valence-electron chi connectivity index (χ3n) is 4.43. The second-order valence-corrected chi connectivity index (χ2v) is 8.60. The Labute approximate surface area is 158 Å². The number of carbonyl (C=O) groups excluding carboxylic acids is 1. The van der Waals surface area contributed by atoms with Crippen molar-refractivity contribution in [3.8, 4) is 0 Å². The van der Waals surface area contributed by atoms with Crippen molar-refractivity contribution in [3.63, 3.8) is 0 Å². The first-order valence-corrected chi connectivity index (χ1v) is 10.2. The predicted molar refractivity (Wildman–Crippen MR) is 98.3 cm³/mol. The molecule has 0 atom stereocenters. The highest BCUT2D eigenvalue weighted by atomic mass is 35.5. The molecule has 1 aromatic heterocycles. The second kappa shape index (κ2) is 7.77. The lowest BCUT2D eigenvalue weighted by molar-refractivity contribution is -0.130. The number of carbonyl (C=O) groups is 1. The summed E-state index contributed by atoms with van der Waals surface area (Å²) in [4.78, 5) is 14.5. The molecule has 26 heavy (non-hydrogen) atoms. The van der Waals surface area contributed by atoms with Gasteiger partial charge in [0.1, 0.15) is 4.90 Å². The van der Waals surface area contributed by atoms with E-state index in [9.17, 15) is 13.2 Å². The zero-order valence-corrected chi connectivity index (χ0v) is 16.1. The van der Waals surface area contributed by atoms with Gasteiger partial charge in [-0.1, -0.05) is 29.8 Å². The van der Waals surface area contributed by atoms with Gasteiger partial charge in [0.25, 0.3) is 0 Å². The lowest BCUT2D eigenvalue weighted by Gasteiger charge is -2.22. The summed E-state index contributed by atoms with van der Waals surface area (Å²) in [5, 5.41) is 4.50. The van der Waals surface area contributed by atoms with Crippen LogP contribution in [0.25, 0.3) is 0 Å². The summed E-state index contributed by atoms with van der Waals surface area (Å²) in [6.07, 6.45) is 3.64. The van der Waals surface area contributed by atoms with Crippen LogP contribution in [0, 0.1) is 0 Å². The molecule has 3 rings (SSSR count). The fraction of sp³-hybridized carbons (Fsp3) is 0.412. The van der Waals surface area contributed by atoms with E-state index in [1.54, 1.807) is 18.0 Å².